The fraction of sp³-hybridized carbons (Fsp3) is 0.765. The number of allylic oxidation sites excluding steroid dienone is 2. The van der Waals surface area contributed by atoms with Crippen molar-refractivity contribution in [3.05, 3.63) is 12.2 Å². The average molecular weight is 305 g/mol. The molecule has 5 heteroatoms. The molecule has 1 aliphatic carbocycles. The van der Waals surface area contributed by atoms with E-state index in [1.165, 1.54) is 24.2 Å². The lowest BCUT2D eigenvalue weighted by Gasteiger charge is -2.42. The Bertz CT molecular complexity index is 480. The number of nitrogens with zero attached hydrogens (tertiary/aromatic N) is 3. The minimum absolute atomic E-state index is 0.000371. The Morgan fingerprint density at radius 1 is 1.23 bits per heavy atom. The van der Waals surface area contributed by atoms with Gasteiger partial charge in [-0.1, -0.05) is 12.2 Å². The van der Waals surface area contributed by atoms with Crippen molar-refractivity contribution in [1.29, 1.82) is 0 Å². The Morgan fingerprint density at radius 2 is 1.95 bits per heavy atom. The maximum Gasteiger partial charge on any atom is 0.327 e. The van der Waals surface area contributed by atoms with Crippen molar-refractivity contribution < 1.29 is 9.59 Å². The Morgan fingerprint density at radius 3 is 2.55 bits per heavy atom. The Balaban J connectivity index is 1.64. The van der Waals surface area contributed by atoms with Crippen LogP contribution in [0, 0.1) is 5.92 Å². The lowest BCUT2D eigenvalue weighted by molar-refractivity contribution is -0.134. The van der Waals surface area contributed by atoms with Crippen LogP contribution in [0.25, 0.3) is 0 Å². The molecule has 2 aliphatic heterocycles. The molecule has 1 atom stereocenters. The molecule has 0 bridgehead atoms. The highest BCUT2D eigenvalue weighted by Gasteiger charge is 2.56. The summed E-state index contributed by atoms with van der Waals surface area (Å²) in [5.41, 5.74) is -0.566. The third-order valence-corrected chi connectivity index (χ3v) is 5.63. The summed E-state index contributed by atoms with van der Waals surface area (Å²) in [6, 6.07) is -0.127. The first-order chi connectivity index (χ1) is 10.6. The number of rotatable bonds is 3. The zero-order valence-electron chi connectivity index (χ0n) is 13.8. The van der Waals surface area contributed by atoms with Gasteiger partial charge in [0.2, 0.25) is 0 Å². The SMILES string of the molecule is CCN1C(=O)N(C)C(=O)C12CCN(C[C@H]1CC=CCC1)CC2. The van der Waals surface area contributed by atoms with Gasteiger partial charge >= 0.3 is 6.03 Å². The molecule has 22 heavy (non-hydrogen) atoms. The Labute approximate surface area is 132 Å². The average Bonchev–Trinajstić information content (AvgIpc) is 2.72. The standard InChI is InChI=1S/C17H27N3O2/c1-3-20-16(22)18(2)15(21)17(20)9-11-19(12-10-17)13-14-7-5-4-6-8-14/h4-5,14H,3,6-13H2,1-2H3/t14-/m0/s1. The van der Waals surface area contributed by atoms with Crippen molar-refractivity contribution in [1.82, 2.24) is 14.7 Å². The van der Waals surface area contributed by atoms with Crippen LogP contribution in [-0.4, -0.2) is 65.4 Å². The van der Waals surface area contributed by atoms with Gasteiger partial charge in [-0.3, -0.25) is 9.69 Å². The minimum atomic E-state index is -0.566. The van der Waals surface area contributed by atoms with Crippen molar-refractivity contribution in [2.75, 3.05) is 33.2 Å². The molecular formula is C17H27N3O2. The van der Waals surface area contributed by atoms with Crippen LogP contribution >= 0.6 is 0 Å². The molecule has 3 aliphatic rings. The van der Waals surface area contributed by atoms with Crippen molar-refractivity contribution in [3.63, 3.8) is 0 Å². The number of likely N-dealkylation sites (tertiary alicyclic amines) is 1. The van der Waals surface area contributed by atoms with Gasteiger partial charge in [0, 0.05) is 33.2 Å². The van der Waals surface area contributed by atoms with Gasteiger partial charge in [-0.05, 0) is 44.9 Å². The number of hydrogen-bond donors (Lipinski definition) is 0. The van der Waals surface area contributed by atoms with Crippen molar-refractivity contribution in [3.8, 4) is 0 Å². The van der Waals surface area contributed by atoms with Gasteiger partial charge in [0.05, 0.1) is 0 Å². The Hall–Kier alpha value is -1.36. The molecule has 3 rings (SSSR count). The fourth-order valence-electron chi connectivity index (χ4n) is 4.29. The molecule has 0 aromatic heterocycles. The van der Waals surface area contributed by atoms with Gasteiger partial charge < -0.3 is 9.80 Å². The van der Waals surface area contributed by atoms with E-state index in [2.05, 4.69) is 17.1 Å². The van der Waals surface area contributed by atoms with Gasteiger partial charge in [-0.15, -0.1) is 0 Å². The van der Waals surface area contributed by atoms with E-state index in [1.807, 2.05) is 6.92 Å². The summed E-state index contributed by atoms with van der Waals surface area (Å²) >= 11 is 0. The minimum Gasteiger partial charge on any atom is -0.310 e. The van der Waals surface area contributed by atoms with Crippen LogP contribution in [0.15, 0.2) is 12.2 Å². The molecule has 2 saturated heterocycles. The number of piperidine rings is 1. The van der Waals surface area contributed by atoms with Gasteiger partial charge in [0.25, 0.3) is 5.91 Å². The zero-order valence-corrected chi connectivity index (χ0v) is 13.8. The van der Waals surface area contributed by atoms with Gasteiger partial charge in [-0.25, -0.2) is 4.79 Å². The molecule has 1 spiro atoms. The molecule has 0 saturated carbocycles. The van der Waals surface area contributed by atoms with E-state index in [1.54, 1.807) is 11.9 Å². The summed E-state index contributed by atoms with van der Waals surface area (Å²) in [6.45, 7) is 5.55. The van der Waals surface area contributed by atoms with E-state index in [9.17, 15) is 9.59 Å². The first kappa shape index (κ1) is 15.5. The number of likely N-dealkylation sites (N-methyl/N-ethyl adjacent to an activating group) is 2. The van der Waals surface area contributed by atoms with Crippen LogP contribution in [0.5, 0.6) is 0 Å². The Kier molecular flexibility index (Phi) is 4.26. The predicted molar refractivity (Wildman–Crippen MR) is 85.4 cm³/mol. The highest BCUT2D eigenvalue weighted by molar-refractivity contribution is 6.06. The molecule has 2 heterocycles. The largest absolute Gasteiger partial charge is 0.327 e. The smallest absolute Gasteiger partial charge is 0.310 e. The van der Waals surface area contributed by atoms with E-state index in [-0.39, 0.29) is 11.9 Å². The second-order valence-corrected chi connectivity index (χ2v) is 6.87. The number of amides is 3. The van der Waals surface area contributed by atoms with E-state index in [4.69, 9.17) is 0 Å². The second kappa shape index (κ2) is 6.03. The number of hydrogen-bond acceptors (Lipinski definition) is 3. The van der Waals surface area contributed by atoms with Crippen LogP contribution in [0.4, 0.5) is 4.79 Å². The van der Waals surface area contributed by atoms with Crippen LogP contribution in [-0.2, 0) is 4.79 Å². The number of carbonyl (C=O) groups excluding carboxylic acids is 2. The topological polar surface area (TPSA) is 43.9 Å². The fourth-order valence-corrected chi connectivity index (χ4v) is 4.29. The van der Waals surface area contributed by atoms with Gasteiger partial charge in [0.1, 0.15) is 5.54 Å². The van der Waals surface area contributed by atoms with E-state index >= 15 is 0 Å². The second-order valence-electron chi connectivity index (χ2n) is 6.87. The predicted octanol–water partition coefficient (Wildman–Crippen LogP) is 2.09. The highest BCUT2D eigenvalue weighted by Crippen LogP contribution is 2.36. The summed E-state index contributed by atoms with van der Waals surface area (Å²) in [5, 5.41) is 0. The molecular weight excluding hydrogens is 278 g/mol. The van der Waals surface area contributed by atoms with Crippen LogP contribution < -0.4 is 0 Å². The van der Waals surface area contributed by atoms with Gasteiger partial charge in [-0.2, -0.15) is 0 Å². The third kappa shape index (κ3) is 2.45. The summed E-state index contributed by atoms with van der Waals surface area (Å²) in [4.78, 5) is 30.4. The normalized spacial score (nSPS) is 28.9. The van der Waals surface area contributed by atoms with Crippen molar-refractivity contribution in [2.45, 2.75) is 44.6 Å². The summed E-state index contributed by atoms with van der Waals surface area (Å²) in [5.74, 6) is 0.754. The third-order valence-electron chi connectivity index (χ3n) is 5.63. The van der Waals surface area contributed by atoms with Crippen molar-refractivity contribution in [2.24, 2.45) is 5.92 Å². The number of urea groups is 1. The zero-order chi connectivity index (χ0) is 15.7. The number of imide groups is 1. The maximum atomic E-state index is 12.6. The molecule has 2 fully saturated rings. The summed E-state index contributed by atoms with van der Waals surface area (Å²) in [7, 11) is 1.61. The first-order valence-corrected chi connectivity index (χ1v) is 8.55. The molecule has 0 unspecified atom stereocenters. The molecule has 122 valence electrons. The molecule has 3 amide bonds. The highest BCUT2D eigenvalue weighted by atomic mass is 16.2. The molecule has 0 aromatic rings. The quantitative estimate of drug-likeness (QED) is 0.592. The van der Waals surface area contributed by atoms with E-state index in [0.29, 0.717) is 6.54 Å². The van der Waals surface area contributed by atoms with Gasteiger partial charge in [0.15, 0.2) is 0 Å². The molecule has 0 N–H and O–H groups in total. The lowest BCUT2D eigenvalue weighted by Crippen LogP contribution is -2.56. The molecule has 5 nitrogen and oxygen atoms in total. The molecule has 0 aromatic carbocycles. The summed E-state index contributed by atoms with van der Waals surface area (Å²) < 4.78 is 0. The molecule has 0 radical (unpaired) electrons. The van der Waals surface area contributed by atoms with Crippen LogP contribution in [0.1, 0.15) is 39.0 Å². The monoisotopic (exact) mass is 305 g/mol. The van der Waals surface area contributed by atoms with Crippen LogP contribution in [0.2, 0.25) is 0 Å². The summed E-state index contributed by atoms with van der Waals surface area (Å²) in [6.07, 6.45) is 9.79. The van der Waals surface area contributed by atoms with E-state index in [0.717, 1.165) is 38.4 Å². The van der Waals surface area contributed by atoms with Crippen LogP contribution in [0.3, 0.4) is 0 Å². The van der Waals surface area contributed by atoms with Crippen molar-refractivity contribution >= 4 is 11.9 Å². The first-order valence-electron chi connectivity index (χ1n) is 8.55. The number of carbonyl (C=O) groups is 2. The maximum absolute atomic E-state index is 12.6. The lowest BCUT2D eigenvalue weighted by atomic mass is 9.85. The van der Waals surface area contributed by atoms with E-state index < -0.39 is 5.54 Å².